The van der Waals surface area contributed by atoms with Crippen molar-refractivity contribution < 1.29 is 19.1 Å². The van der Waals surface area contributed by atoms with Crippen molar-refractivity contribution in [3.8, 4) is 5.88 Å². The highest BCUT2D eigenvalue weighted by Gasteiger charge is 2.24. The zero-order chi connectivity index (χ0) is 22.5. The van der Waals surface area contributed by atoms with Gasteiger partial charge in [-0.25, -0.2) is 4.98 Å². The van der Waals surface area contributed by atoms with Crippen LogP contribution in [0.2, 0.25) is 0 Å². The standard InChI is InChI=1S/C21H24N4O4S2/c1-12-17-19(29-4)23-15(11-28-3)24-20(17)31-18(12)21(27)25(2)10-16(26)22-13-8-6-7-9-14(13)30-5/h6-9H,10-11H2,1-5H3,(H,22,26). The molecule has 2 aromatic heterocycles. The number of ether oxygens (including phenoxy) is 2. The van der Waals surface area contributed by atoms with Crippen LogP contribution in [0, 0.1) is 6.92 Å². The highest BCUT2D eigenvalue weighted by Crippen LogP contribution is 2.35. The van der Waals surface area contributed by atoms with E-state index in [0.29, 0.717) is 26.8 Å². The zero-order valence-electron chi connectivity index (χ0n) is 18.0. The normalized spacial score (nSPS) is 10.9. The van der Waals surface area contributed by atoms with Gasteiger partial charge in [-0.1, -0.05) is 12.1 Å². The molecular weight excluding hydrogens is 436 g/mol. The molecule has 0 spiro atoms. The number of carbonyl (C=O) groups excluding carboxylic acids is 2. The van der Waals surface area contributed by atoms with E-state index in [4.69, 9.17) is 9.47 Å². The number of anilines is 1. The van der Waals surface area contributed by atoms with Gasteiger partial charge in [0.15, 0.2) is 5.82 Å². The van der Waals surface area contributed by atoms with Gasteiger partial charge in [0, 0.05) is 19.1 Å². The average Bonchev–Trinajstić information content (AvgIpc) is 3.09. The van der Waals surface area contributed by atoms with Gasteiger partial charge >= 0.3 is 0 Å². The lowest BCUT2D eigenvalue weighted by atomic mass is 10.2. The van der Waals surface area contributed by atoms with Crippen LogP contribution in [0.1, 0.15) is 21.1 Å². The van der Waals surface area contributed by atoms with E-state index < -0.39 is 0 Å². The number of hydrogen-bond donors (Lipinski definition) is 1. The van der Waals surface area contributed by atoms with E-state index in [1.807, 2.05) is 37.4 Å². The predicted molar refractivity (Wildman–Crippen MR) is 123 cm³/mol. The molecule has 31 heavy (non-hydrogen) atoms. The number of para-hydroxylation sites is 1. The smallest absolute Gasteiger partial charge is 0.264 e. The van der Waals surface area contributed by atoms with Crippen LogP contribution in [0.3, 0.4) is 0 Å². The van der Waals surface area contributed by atoms with Crippen molar-refractivity contribution in [2.24, 2.45) is 0 Å². The maximum Gasteiger partial charge on any atom is 0.264 e. The minimum atomic E-state index is -0.268. The van der Waals surface area contributed by atoms with Crippen LogP contribution in [0.15, 0.2) is 29.2 Å². The van der Waals surface area contributed by atoms with Gasteiger partial charge in [-0.3, -0.25) is 9.59 Å². The second kappa shape index (κ2) is 10.1. The second-order valence-electron chi connectivity index (χ2n) is 6.73. The molecule has 10 heteroatoms. The average molecular weight is 461 g/mol. The van der Waals surface area contributed by atoms with E-state index in [1.165, 1.54) is 23.3 Å². The number of nitrogens with zero attached hydrogens (tertiary/aromatic N) is 3. The van der Waals surface area contributed by atoms with Crippen molar-refractivity contribution in [2.45, 2.75) is 18.4 Å². The number of rotatable bonds is 8. The lowest BCUT2D eigenvalue weighted by Gasteiger charge is -2.17. The van der Waals surface area contributed by atoms with Gasteiger partial charge in [0.05, 0.1) is 29.6 Å². The predicted octanol–water partition coefficient (Wildman–Crippen LogP) is 3.59. The minimum absolute atomic E-state index is 0.0764. The molecule has 164 valence electrons. The summed E-state index contributed by atoms with van der Waals surface area (Å²) in [6, 6.07) is 7.54. The van der Waals surface area contributed by atoms with E-state index >= 15 is 0 Å². The number of thiophene rings is 1. The highest BCUT2D eigenvalue weighted by molar-refractivity contribution is 7.98. The first-order chi connectivity index (χ1) is 14.9. The Morgan fingerprint density at radius 2 is 1.97 bits per heavy atom. The summed E-state index contributed by atoms with van der Waals surface area (Å²) in [5.41, 5.74) is 1.45. The van der Waals surface area contributed by atoms with Crippen molar-refractivity contribution in [3.05, 3.63) is 40.5 Å². The van der Waals surface area contributed by atoms with E-state index in [1.54, 1.807) is 25.9 Å². The number of aromatic nitrogens is 2. The van der Waals surface area contributed by atoms with Crippen molar-refractivity contribution in [1.82, 2.24) is 14.9 Å². The number of methoxy groups -OCH3 is 2. The summed E-state index contributed by atoms with van der Waals surface area (Å²) in [5, 5.41) is 3.57. The molecule has 0 unspecified atom stereocenters. The Labute approximate surface area is 189 Å². The molecular formula is C21H24N4O4S2. The molecule has 0 saturated carbocycles. The number of thioether (sulfide) groups is 1. The van der Waals surface area contributed by atoms with Crippen LogP contribution in [0.4, 0.5) is 5.69 Å². The molecule has 0 saturated heterocycles. The first-order valence-corrected chi connectivity index (χ1v) is 11.4. The van der Waals surface area contributed by atoms with Gasteiger partial charge in [-0.05, 0) is 30.9 Å². The van der Waals surface area contributed by atoms with E-state index in [9.17, 15) is 9.59 Å². The molecule has 1 N–H and O–H groups in total. The van der Waals surface area contributed by atoms with Crippen LogP contribution >= 0.6 is 23.1 Å². The number of likely N-dealkylation sites (N-methyl/N-ethyl adjacent to an activating group) is 1. The van der Waals surface area contributed by atoms with Gasteiger partial charge in [0.25, 0.3) is 5.91 Å². The number of carbonyl (C=O) groups is 2. The van der Waals surface area contributed by atoms with Crippen LogP contribution in [0.5, 0.6) is 5.88 Å². The molecule has 0 atom stereocenters. The van der Waals surface area contributed by atoms with E-state index in [-0.39, 0.29) is 25.0 Å². The molecule has 0 radical (unpaired) electrons. The SMILES string of the molecule is COCc1nc(OC)c2c(C)c(C(=O)N(C)CC(=O)Nc3ccccc3SC)sc2n1. The van der Waals surface area contributed by atoms with Gasteiger partial charge in [0.2, 0.25) is 11.8 Å². The fourth-order valence-electron chi connectivity index (χ4n) is 3.09. The molecule has 0 bridgehead atoms. The summed E-state index contributed by atoms with van der Waals surface area (Å²) in [7, 11) is 4.69. The summed E-state index contributed by atoms with van der Waals surface area (Å²) < 4.78 is 10.5. The van der Waals surface area contributed by atoms with E-state index in [2.05, 4.69) is 15.3 Å². The summed E-state index contributed by atoms with van der Waals surface area (Å²) in [4.78, 5) is 38.0. The molecule has 0 aliphatic rings. The number of hydrogen-bond acceptors (Lipinski definition) is 8. The monoisotopic (exact) mass is 460 g/mol. The quantitative estimate of drug-likeness (QED) is 0.514. The number of aryl methyl sites for hydroxylation is 1. The molecule has 1 aromatic carbocycles. The summed E-state index contributed by atoms with van der Waals surface area (Å²) in [6.45, 7) is 1.99. The summed E-state index contributed by atoms with van der Waals surface area (Å²) >= 11 is 2.80. The Balaban J connectivity index is 1.81. The number of amides is 2. The maximum atomic E-state index is 13.1. The number of nitrogens with one attached hydrogen (secondary N) is 1. The van der Waals surface area contributed by atoms with Crippen molar-refractivity contribution >= 4 is 50.8 Å². The van der Waals surface area contributed by atoms with Crippen molar-refractivity contribution in [1.29, 1.82) is 0 Å². The lowest BCUT2D eigenvalue weighted by molar-refractivity contribution is -0.116. The largest absolute Gasteiger partial charge is 0.480 e. The van der Waals surface area contributed by atoms with Gasteiger partial charge in [-0.2, -0.15) is 4.98 Å². The molecule has 2 amide bonds. The van der Waals surface area contributed by atoms with Crippen LogP contribution in [-0.2, 0) is 16.1 Å². The Morgan fingerprint density at radius 1 is 1.23 bits per heavy atom. The Kier molecular flexibility index (Phi) is 7.47. The second-order valence-corrected chi connectivity index (χ2v) is 8.58. The summed E-state index contributed by atoms with van der Waals surface area (Å²) in [5.74, 6) is 0.353. The van der Waals surface area contributed by atoms with Crippen LogP contribution in [0.25, 0.3) is 10.2 Å². The Hall–Kier alpha value is -2.69. The first kappa shape index (κ1) is 23.0. The Morgan fingerprint density at radius 3 is 2.65 bits per heavy atom. The first-order valence-electron chi connectivity index (χ1n) is 9.40. The molecule has 0 fully saturated rings. The lowest BCUT2D eigenvalue weighted by Crippen LogP contribution is -2.34. The minimum Gasteiger partial charge on any atom is -0.480 e. The maximum absolute atomic E-state index is 13.1. The van der Waals surface area contributed by atoms with Crippen molar-refractivity contribution in [2.75, 3.05) is 39.4 Å². The van der Waals surface area contributed by atoms with Gasteiger partial charge < -0.3 is 19.7 Å². The number of fused-ring (bicyclic) bond motifs is 1. The highest BCUT2D eigenvalue weighted by atomic mass is 32.2. The van der Waals surface area contributed by atoms with E-state index in [0.717, 1.165) is 16.1 Å². The van der Waals surface area contributed by atoms with Gasteiger partial charge in [0.1, 0.15) is 11.4 Å². The van der Waals surface area contributed by atoms with Crippen LogP contribution < -0.4 is 10.1 Å². The third-order valence-corrected chi connectivity index (χ3v) is 6.54. The molecule has 0 aliphatic carbocycles. The molecule has 8 nitrogen and oxygen atoms in total. The zero-order valence-corrected chi connectivity index (χ0v) is 19.6. The van der Waals surface area contributed by atoms with Gasteiger partial charge in [-0.15, -0.1) is 23.1 Å². The van der Waals surface area contributed by atoms with Crippen molar-refractivity contribution in [3.63, 3.8) is 0 Å². The topological polar surface area (TPSA) is 93.7 Å². The number of benzene rings is 1. The molecule has 2 heterocycles. The molecule has 3 aromatic rings. The third-order valence-electron chi connectivity index (χ3n) is 4.57. The molecule has 3 rings (SSSR count). The van der Waals surface area contributed by atoms with Crippen LogP contribution in [-0.4, -0.2) is 60.8 Å². The fourth-order valence-corrected chi connectivity index (χ4v) is 4.83. The fraction of sp³-hybridized carbons (Fsp3) is 0.333. The third kappa shape index (κ3) is 4.97. The molecule has 0 aliphatic heterocycles. The summed E-state index contributed by atoms with van der Waals surface area (Å²) in [6.07, 6.45) is 1.94. The Bertz CT molecular complexity index is 1120.